The number of thioether (sulfide) groups is 1. The predicted octanol–water partition coefficient (Wildman–Crippen LogP) is 2.01. The second-order valence-corrected chi connectivity index (χ2v) is 5.78. The molecule has 0 saturated carbocycles. The molecule has 1 heterocycles. The zero-order valence-electron chi connectivity index (χ0n) is 10.6. The summed E-state index contributed by atoms with van der Waals surface area (Å²) in [5.74, 6) is 2.75. The highest BCUT2D eigenvalue weighted by Gasteiger charge is 2.22. The molecule has 1 rings (SSSR count). The van der Waals surface area contributed by atoms with E-state index in [2.05, 4.69) is 18.7 Å². The van der Waals surface area contributed by atoms with Crippen molar-refractivity contribution in [3.8, 4) is 0 Å². The summed E-state index contributed by atoms with van der Waals surface area (Å²) in [7, 11) is 2.01. The van der Waals surface area contributed by atoms with Gasteiger partial charge in [-0.2, -0.15) is 11.8 Å². The first-order valence-electron chi connectivity index (χ1n) is 6.07. The molecule has 0 amide bonds. The molecule has 1 saturated heterocycles. The maximum Gasteiger partial charge on any atom is 0.320 e. The Hall–Kier alpha value is -0.220. The van der Waals surface area contributed by atoms with Crippen LogP contribution in [0.15, 0.2) is 0 Å². The molecule has 0 unspecified atom stereocenters. The Morgan fingerprint density at radius 2 is 2.38 bits per heavy atom. The molecule has 16 heavy (non-hydrogen) atoms. The number of esters is 1. The Morgan fingerprint density at radius 3 is 2.94 bits per heavy atom. The summed E-state index contributed by atoms with van der Waals surface area (Å²) in [6, 6.07) is 0.557. The number of nitrogens with zero attached hydrogens (tertiary/aromatic N) is 1. The lowest BCUT2D eigenvalue weighted by atomic mass is 10.1. The molecule has 0 aromatic rings. The predicted molar refractivity (Wildman–Crippen MR) is 68.8 cm³/mol. The number of carbonyl (C=O) groups is 1. The molecule has 0 aliphatic carbocycles. The first kappa shape index (κ1) is 13.8. The maximum absolute atomic E-state index is 11.6. The van der Waals surface area contributed by atoms with Crippen LogP contribution in [0.4, 0.5) is 0 Å². The number of rotatable bonds is 6. The van der Waals surface area contributed by atoms with Crippen molar-refractivity contribution >= 4 is 17.7 Å². The number of hydrogen-bond acceptors (Lipinski definition) is 4. The first-order valence-corrected chi connectivity index (χ1v) is 7.22. The quantitative estimate of drug-likeness (QED) is 0.670. The molecule has 1 aliphatic heterocycles. The van der Waals surface area contributed by atoms with Crippen molar-refractivity contribution < 1.29 is 9.53 Å². The summed E-state index contributed by atoms with van der Waals surface area (Å²) in [4.78, 5) is 13.7. The van der Waals surface area contributed by atoms with Crippen LogP contribution in [0.5, 0.6) is 0 Å². The van der Waals surface area contributed by atoms with Crippen LogP contribution in [0.2, 0.25) is 0 Å². The van der Waals surface area contributed by atoms with E-state index in [1.165, 1.54) is 12.2 Å². The van der Waals surface area contributed by atoms with E-state index in [0.717, 1.165) is 12.2 Å². The van der Waals surface area contributed by atoms with E-state index in [9.17, 15) is 4.79 Å². The fourth-order valence-electron chi connectivity index (χ4n) is 1.60. The second-order valence-electron chi connectivity index (χ2n) is 4.63. The third-order valence-corrected chi connectivity index (χ3v) is 4.28. The standard InChI is InChI=1S/C12H23NO2S/c1-4-10(2)8-15-12(14)7-13(3)11-5-6-16-9-11/h10-11H,4-9H2,1-3H3/t10-,11-/m0/s1. The average Bonchev–Trinajstić information content (AvgIpc) is 2.79. The van der Waals surface area contributed by atoms with Crippen LogP contribution in [0.3, 0.4) is 0 Å². The van der Waals surface area contributed by atoms with E-state index in [-0.39, 0.29) is 5.97 Å². The third kappa shape index (κ3) is 4.74. The summed E-state index contributed by atoms with van der Waals surface area (Å²) >= 11 is 1.97. The number of hydrogen-bond donors (Lipinski definition) is 0. The fourth-order valence-corrected chi connectivity index (χ4v) is 2.90. The molecule has 0 aromatic heterocycles. The topological polar surface area (TPSA) is 29.5 Å². The van der Waals surface area contributed by atoms with Gasteiger partial charge < -0.3 is 4.74 Å². The molecule has 2 atom stereocenters. The van der Waals surface area contributed by atoms with Crippen LogP contribution in [0.25, 0.3) is 0 Å². The van der Waals surface area contributed by atoms with E-state index in [4.69, 9.17) is 4.74 Å². The highest BCUT2D eigenvalue weighted by molar-refractivity contribution is 7.99. The molecule has 0 aromatic carbocycles. The smallest absolute Gasteiger partial charge is 0.320 e. The molecule has 1 aliphatic rings. The van der Waals surface area contributed by atoms with E-state index in [1.54, 1.807) is 0 Å². The molecule has 1 fully saturated rings. The monoisotopic (exact) mass is 245 g/mol. The molecule has 3 nitrogen and oxygen atoms in total. The Morgan fingerprint density at radius 1 is 1.62 bits per heavy atom. The highest BCUT2D eigenvalue weighted by Crippen LogP contribution is 2.21. The molecule has 4 heteroatoms. The van der Waals surface area contributed by atoms with Gasteiger partial charge in [0.15, 0.2) is 0 Å². The van der Waals surface area contributed by atoms with Gasteiger partial charge in [0.1, 0.15) is 0 Å². The van der Waals surface area contributed by atoms with Crippen molar-refractivity contribution in [3.05, 3.63) is 0 Å². The van der Waals surface area contributed by atoms with Crippen molar-refractivity contribution in [1.82, 2.24) is 4.90 Å². The number of likely N-dealkylation sites (N-methyl/N-ethyl adjacent to an activating group) is 1. The summed E-state index contributed by atoms with van der Waals surface area (Å²) in [6.07, 6.45) is 2.25. The van der Waals surface area contributed by atoms with Gasteiger partial charge in [-0.25, -0.2) is 0 Å². The van der Waals surface area contributed by atoms with Gasteiger partial charge >= 0.3 is 5.97 Å². The van der Waals surface area contributed by atoms with Crippen LogP contribution in [0.1, 0.15) is 26.7 Å². The lowest BCUT2D eigenvalue weighted by molar-refractivity contribution is -0.146. The Labute approximate surface area is 103 Å². The second kappa shape index (κ2) is 7.17. The number of ether oxygens (including phenoxy) is 1. The van der Waals surface area contributed by atoms with Gasteiger partial charge in [-0.3, -0.25) is 9.69 Å². The maximum atomic E-state index is 11.6. The number of carbonyl (C=O) groups excluding carboxylic acids is 1. The Bertz CT molecular complexity index is 217. The summed E-state index contributed by atoms with van der Waals surface area (Å²) in [5, 5.41) is 0. The van der Waals surface area contributed by atoms with Crippen LogP contribution in [-0.2, 0) is 9.53 Å². The van der Waals surface area contributed by atoms with Gasteiger partial charge in [0.05, 0.1) is 13.2 Å². The van der Waals surface area contributed by atoms with Crippen molar-refractivity contribution in [1.29, 1.82) is 0 Å². The van der Waals surface area contributed by atoms with E-state index in [0.29, 0.717) is 25.1 Å². The van der Waals surface area contributed by atoms with Crippen molar-refractivity contribution in [2.75, 3.05) is 31.7 Å². The summed E-state index contributed by atoms with van der Waals surface area (Å²) in [6.45, 7) is 5.20. The lowest BCUT2D eigenvalue weighted by Gasteiger charge is -2.22. The van der Waals surface area contributed by atoms with Crippen LogP contribution < -0.4 is 0 Å². The van der Waals surface area contributed by atoms with Gasteiger partial charge in [-0.15, -0.1) is 0 Å². The zero-order valence-corrected chi connectivity index (χ0v) is 11.4. The largest absolute Gasteiger partial charge is 0.464 e. The van der Waals surface area contributed by atoms with Gasteiger partial charge in [0.25, 0.3) is 0 Å². The molecule has 94 valence electrons. The van der Waals surface area contributed by atoms with Gasteiger partial charge in [0, 0.05) is 11.8 Å². The van der Waals surface area contributed by atoms with Crippen molar-refractivity contribution in [2.45, 2.75) is 32.7 Å². The molecular formula is C12H23NO2S. The lowest BCUT2D eigenvalue weighted by Crippen LogP contribution is -2.36. The van der Waals surface area contributed by atoms with E-state index < -0.39 is 0 Å². The molecular weight excluding hydrogens is 222 g/mol. The van der Waals surface area contributed by atoms with E-state index in [1.807, 2.05) is 18.8 Å². The minimum atomic E-state index is -0.0836. The van der Waals surface area contributed by atoms with Crippen molar-refractivity contribution in [2.24, 2.45) is 5.92 Å². The third-order valence-electron chi connectivity index (χ3n) is 3.13. The average molecular weight is 245 g/mol. The van der Waals surface area contributed by atoms with Gasteiger partial charge in [-0.05, 0) is 25.1 Å². The zero-order chi connectivity index (χ0) is 12.0. The van der Waals surface area contributed by atoms with Gasteiger partial charge in [0.2, 0.25) is 0 Å². The van der Waals surface area contributed by atoms with Gasteiger partial charge in [-0.1, -0.05) is 20.3 Å². The van der Waals surface area contributed by atoms with Crippen LogP contribution >= 0.6 is 11.8 Å². The minimum Gasteiger partial charge on any atom is -0.464 e. The molecule has 0 bridgehead atoms. The van der Waals surface area contributed by atoms with Crippen LogP contribution in [-0.4, -0.2) is 48.6 Å². The van der Waals surface area contributed by atoms with E-state index >= 15 is 0 Å². The van der Waals surface area contributed by atoms with Crippen LogP contribution in [0, 0.1) is 5.92 Å². The summed E-state index contributed by atoms with van der Waals surface area (Å²) < 4.78 is 5.24. The molecule has 0 radical (unpaired) electrons. The SMILES string of the molecule is CC[C@H](C)COC(=O)CN(C)[C@H]1CCSC1. The fraction of sp³-hybridized carbons (Fsp3) is 0.917. The minimum absolute atomic E-state index is 0.0836. The first-order chi connectivity index (χ1) is 7.63. The summed E-state index contributed by atoms with van der Waals surface area (Å²) in [5.41, 5.74) is 0. The molecule has 0 spiro atoms. The van der Waals surface area contributed by atoms with Crippen molar-refractivity contribution in [3.63, 3.8) is 0 Å². The molecule has 0 N–H and O–H groups in total. The Balaban J connectivity index is 2.17. The Kier molecular flexibility index (Phi) is 6.21. The normalized spacial score (nSPS) is 22.4. The highest BCUT2D eigenvalue weighted by atomic mass is 32.2.